The van der Waals surface area contributed by atoms with Crippen LogP contribution in [0, 0.1) is 0 Å². The first-order chi connectivity index (χ1) is 15.5. The molecule has 0 aliphatic heterocycles. The third-order valence-corrected chi connectivity index (χ3v) is 5.10. The van der Waals surface area contributed by atoms with E-state index in [9.17, 15) is 4.79 Å². The van der Waals surface area contributed by atoms with Crippen molar-refractivity contribution in [3.05, 3.63) is 69.5 Å². The van der Waals surface area contributed by atoms with Gasteiger partial charge in [-0.25, -0.2) is 4.98 Å². The topological polar surface area (TPSA) is 95.7 Å². The number of carboxylic acid groups (broad SMARTS) is 1. The van der Waals surface area contributed by atoms with Gasteiger partial charge in [0.2, 0.25) is 11.8 Å². The van der Waals surface area contributed by atoms with Crippen LogP contribution in [0.1, 0.15) is 23.2 Å². The van der Waals surface area contributed by atoms with Crippen molar-refractivity contribution < 1.29 is 24.1 Å². The minimum atomic E-state index is -0.934. The predicted molar refractivity (Wildman–Crippen MR) is 120 cm³/mol. The number of hydrogen-bond donors (Lipinski definition) is 1. The maximum Gasteiger partial charge on any atom is 0.308 e. The molecule has 32 heavy (non-hydrogen) atoms. The van der Waals surface area contributed by atoms with Gasteiger partial charge in [-0.05, 0) is 36.6 Å². The Kier molecular flexibility index (Phi) is 8.72. The number of carbonyl (C=O) groups is 1. The van der Waals surface area contributed by atoms with E-state index in [0.29, 0.717) is 53.4 Å². The monoisotopic (exact) mass is 479 g/mol. The Morgan fingerprint density at radius 2 is 2.00 bits per heavy atom. The van der Waals surface area contributed by atoms with Crippen LogP contribution >= 0.6 is 23.2 Å². The highest BCUT2D eigenvalue weighted by atomic mass is 35.5. The molecular formula is C22H23Cl2N3O5. The molecule has 1 N–H and O–H groups in total. The molecule has 0 aliphatic rings. The van der Waals surface area contributed by atoms with Crippen LogP contribution in [-0.4, -0.2) is 46.3 Å². The first-order valence-corrected chi connectivity index (χ1v) is 10.6. The number of aromatic nitrogens is 3. The third-order valence-electron chi connectivity index (χ3n) is 4.51. The lowest BCUT2D eigenvalue weighted by Crippen LogP contribution is -2.10. The zero-order chi connectivity index (χ0) is 22.9. The van der Waals surface area contributed by atoms with Crippen LogP contribution in [0.4, 0.5) is 0 Å². The Morgan fingerprint density at radius 3 is 2.75 bits per heavy atom. The van der Waals surface area contributed by atoms with Gasteiger partial charge in [-0.3, -0.25) is 9.48 Å². The summed E-state index contributed by atoms with van der Waals surface area (Å²) in [5.41, 5.74) is 2.34. The van der Waals surface area contributed by atoms with Crippen molar-refractivity contribution in [3.63, 3.8) is 0 Å². The number of hydrogen-bond acceptors (Lipinski definition) is 6. The molecule has 2 heterocycles. The average molecular weight is 480 g/mol. The molecule has 10 heteroatoms. The fourth-order valence-electron chi connectivity index (χ4n) is 3.04. The lowest BCUT2D eigenvalue weighted by Gasteiger charge is -2.11. The third kappa shape index (κ3) is 6.85. The van der Waals surface area contributed by atoms with Crippen molar-refractivity contribution in [3.8, 4) is 11.8 Å². The summed E-state index contributed by atoms with van der Waals surface area (Å²) in [6.45, 7) is 0.906. The van der Waals surface area contributed by atoms with Gasteiger partial charge in [0.25, 0.3) is 0 Å². The number of ether oxygens (including phenoxy) is 3. The molecule has 0 saturated heterocycles. The fraction of sp³-hybridized carbons (Fsp3) is 0.318. The van der Waals surface area contributed by atoms with Crippen LogP contribution in [0.5, 0.6) is 11.8 Å². The number of carboxylic acids is 1. The molecule has 8 nitrogen and oxygen atoms in total. The molecule has 0 fully saturated rings. The molecule has 0 saturated carbocycles. The summed E-state index contributed by atoms with van der Waals surface area (Å²) in [6, 6.07) is 10.6. The van der Waals surface area contributed by atoms with Gasteiger partial charge in [-0.2, -0.15) is 0 Å². The zero-order valence-corrected chi connectivity index (χ0v) is 19.0. The summed E-state index contributed by atoms with van der Waals surface area (Å²) < 4.78 is 18.0. The summed E-state index contributed by atoms with van der Waals surface area (Å²) in [6.07, 6.45) is 2.74. The maximum absolute atomic E-state index is 11.0. The molecule has 1 aromatic carbocycles. The van der Waals surface area contributed by atoms with Crippen molar-refractivity contribution in [1.82, 2.24) is 14.8 Å². The van der Waals surface area contributed by atoms with Gasteiger partial charge in [0.15, 0.2) is 6.79 Å². The van der Waals surface area contributed by atoms with Gasteiger partial charge in [0.1, 0.15) is 0 Å². The minimum Gasteiger partial charge on any atom is -0.481 e. The first kappa shape index (κ1) is 23.8. The van der Waals surface area contributed by atoms with E-state index in [1.165, 1.54) is 0 Å². The molecule has 0 spiro atoms. The second-order valence-electron chi connectivity index (χ2n) is 6.91. The highest BCUT2D eigenvalue weighted by molar-refractivity contribution is 6.35. The van der Waals surface area contributed by atoms with Crippen LogP contribution in [-0.2, 0) is 28.9 Å². The Labute approximate surface area is 195 Å². The van der Waals surface area contributed by atoms with Crippen LogP contribution in [0.2, 0.25) is 10.0 Å². The molecule has 3 rings (SSSR count). The van der Waals surface area contributed by atoms with Crippen LogP contribution in [0.25, 0.3) is 0 Å². The predicted octanol–water partition coefficient (Wildman–Crippen LogP) is 4.25. The van der Waals surface area contributed by atoms with Crippen molar-refractivity contribution in [2.45, 2.75) is 25.8 Å². The van der Waals surface area contributed by atoms with Crippen molar-refractivity contribution in [2.75, 3.05) is 20.5 Å². The van der Waals surface area contributed by atoms with Gasteiger partial charge >= 0.3 is 5.97 Å². The Bertz CT molecular complexity index is 1060. The molecule has 0 unspecified atom stereocenters. The van der Waals surface area contributed by atoms with Crippen LogP contribution in [0.15, 0.2) is 42.6 Å². The number of pyridine rings is 1. The highest BCUT2D eigenvalue weighted by Crippen LogP contribution is 2.24. The normalized spacial score (nSPS) is 10.8. The molecular weight excluding hydrogens is 457 g/mol. The second-order valence-corrected chi connectivity index (χ2v) is 7.75. The van der Waals surface area contributed by atoms with Gasteiger partial charge < -0.3 is 19.3 Å². The summed E-state index contributed by atoms with van der Waals surface area (Å²) in [4.78, 5) is 15.2. The van der Waals surface area contributed by atoms with E-state index in [1.807, 2.05) is 16.8 Å². The summed E-state index contributed by atoms with van der Waals surface area (Å²) >= 11 is 12.3. The van der Waals surface area contributed by atoms with E-state index >= 15 is 0 Å². The zero-order valence-electron chi connectivity index (χ0n) is 17.5. The number of methoxy groups -OCH3 is 1. The molecule has 3 aromatic rings. The van der Waals surface area contributed by atoms with Gasteiger partial charge in [-0.1, -0.05) is 35.3 Å². The van der Waals surface area contributed by atoms with Gasteiger partial charge in [0.05, 0.1) is 19.6 Å². The molecule has 0 amide bonds. The minimum absolute atomic E-state index is 0.0906. The number of aliphatic carboxylic acids is 1. The molecule has 2 aromatic heterocycles. The molecule has 0 radical (unpaired) electrons. The number of benzene rings is 1. The fourth-order valence-corrected chi connectivity index (χ4v) is 3.51. The van der Waals surface area contributed by atoms with E-state index in [4.69, 9.17) is 42.5 Å². The van der Waals surface area contributed by atoms with E-state index in [1.54, 1.807) is 37.6 Å². The number of nitrogens with zero attached hydrogens (tertiary/aromatic N) is 3. The summed E-state index contributed by atoms with van der Waals surface area (Å²) in [7, 11) is 1.54. The lowest BCUT2D eigenvalue weighted by atomic mass is 10.2. The number of rotatable bonds is 12. The van der Waals surface area contributed by atoms with E-state index in [-0.39, 0.29) is 13.2 Å². The summed E-state index contributed by atoms with van der Waals surface area (Å²) in [5, 5.41) is 14.7. The van der Waals surface area contributed by atoms with Crippen LogP contribution in [0.3, 0.4) is 0 Å². The lowest BCUT2D eigenvalue weighted by molar-refractivity contribution is -0.136. The van der Waals surface area contributed by atoms with Gasteiger partial charge in [0, 0.05) is 40.7 Å². The Hall–Kier alpha value is -2.81. The Morgan fingerprint density at radius 1 is 1.16 bits per heavy atom. The van der Waals surface area contributed by atoms with Gasteiger partial charge in [-0.15, -0.1) is 5.10 Å². The molecule has 170 valence electrons. The van der Waals surface area contributed by atoms with E-state index in [2.05, 4.69) is 10.1 Å². The standard InChI is InChI=1S/C22H23Cl2N3O5/c1-30-14-32-20-12-18(27(26-20)13-16-6-7-17(23)11-19(16)24)5-3-9-31-22-15(10-21(28)29)4-2-8-25-22/h2,4,6-8,11-12H,3,5,9-10,13-14H2,1H3,(H,28,29). The van der Waals surface area contributed by atoms with Crippen molar-refractivity contribution in [1.29, 1.82) is 0 Å². The second kappa shape index (κ2) is 11.7. The number of halogens is 2. The van der Waals surface area contributed by atoms with Crippen molar-refractivity contribution in [2.24, 2.45) is 0 Å². The van der Waals surface area contributed by atoms with E-state index < -0.39 is 5.97 Å². The molecule has 0 aliphatic carbocycles. The smallest absolute Gasteiger partial charge is 0.308 e. The first-order valence-electron chi connectivity index (χ1n) is 9.87. The van der Waals surface area contributed by atoms with E-state index in [0.717, 1.165) is 11.3 Å². The molecule has 0 bridgehead atoms. The highest BCUT2D eigenvalue weighted by Gasteiger charge is 2.13. The maximum atomic E-state index is 11.0. The largest absolute Gasteiger partial charge is 0.481 e. The van der Waals surface area contributed by atoms with Crippen LogP contribution < -0.4 is 9.47 Å². The number of aryl methyl sites for hydroxylation is 1. The average Bonchev–Trinajstić information content (AvgIpc) is 3.14. The quantitative estimate of drug-likeness (QED) is 0.306. The SMILES string of the molecule is COCOc1cc(CCCOc2ncccc2CC(=O)O)n(Cc2ccc(Cl)cc2Cl)n1. The molecule has 0 atom stereocenters. The summed E-state index contributed by atoms with van der Waals surface area (Å²) in [5.74, 6) is -0.155. The van der Waals surface area contributed by atoms with Crippen molar-refractivity contribution >= 4 is 29.2 Å². The Balaban J connectivity index is 1.66.